The fourth-order valence-corrected chi connectivity index (χ4v) is 8.10. The van der Waals surface area contributed by atoms with Crippen molar-refractivity contribution in [1.82, 2.24) is 0 Å². The molecule has 4 saturated carbocycles. The van der Waals surface area contributed by atoms with Gasteiger partial charge in [-0.05, 0) is 94.5 Å². The molecule has 0 aliphatic heterocycles. The highest BCUT2D eigenvalue weighted by Crippen LogP contribution is 2.72. The van der Waals surface area contributed by atoms with Crippen LogP contribution in [0.3, 0.4) is 0 Å². The maximum atomic E-state index is 12.7. The standard InChI is InChI=1S/C25H36O4/c1-6-15(2)21(26)29-20-16(3)17-8-9-19-23(4)11-7-12-24(5,22(27)28)18(23)10-13-25(19,20)14-17/h6,17-20H,3,7-14H2,1-2,4-5H3,(H,27,28)/b15-6-/t17-,18+,19+,20-,23-,24-,25-/m1/s1. The van der Waals surface area contributed by atoms with Crippen LogP contribution in [0.1, 0.15) is 79.1 Å². The van der Waals surface area contributed by atoms with Crippen LogP contribution in [0.15, 0.2) is 23.8 Å². The Morgan fingerprint density at radius 2 is 1.86 bits per heavy atom. The van der Waals surface area contributed by atoms with Gasteiger partial charge in [0.05, 0.1) is 5.41 Å². The van der Waals surface area contributed by atoms with Crippen LogP contribution in [0.4, 0.5) is 0 Å². The highest BCUT2D eigenvalue weighted by Gasteiger charge is 2.68. The first kappa shape index (κ1) is 20.7. The van der Waals surface area contributed by atoms with Crippen molar-refractivity contribution in [3.8, 4) is 0 Å². The second kappa shape index (κ2) is 6.72. The number of carboxylic acids is 1. The number of rotatable bonds is 3. The maximum absolute atomic E-state index is 12.7. The van der Waals surface area contributed by atoms with E-state index in [-0.39, 0.29) is 28.8 Å². The van der Waals surface area contributed by atoms with Gasteiger partial charge in [-0.15, -0.1) is 0 Å². The predicted molar refractivity (Wildman–Crippen MR) is 112 cm³/mol. The van der Waals surface area contributed by atoms with Gasteiger partial charge in [-0.2, -0.15) is 0 Å². The van der Waals surface area contributed by atoms with Gasteiger partial charge in [0.15, 0.2) is 0 Å². The molecule has 2 bridgehead atoms. The lowest BCUT2D eigenvalue weighted by atomic mass is 9.40. The first-order valence-electron chi connectivity index (χ1n) is 11.4. The molecule has 0 radical (unpaired) electrons. The number of ether oxygens (including phenoxy) is 1. The zero-order valence-corrected chi connectivity index (χ0v) is 18.4. The zero-order chi connectivity index (χ0) is 21.2. The molecule has 0 heterocycles. The number of carboxylic acid groups (broad SMARTS) is 1. The van der Waals surface area contributed by atoms with Crippen LogP contribution < -0.4 is 0 Å². The SMILES string of the molecule is C=C1[C@@H]2CC[C@H]3[C@]4(C)CCC[C@@](C)(C(=O)O)[C@H]4CC[C@]3(C2)[C@@H]1OC(=O)/C(C)=C\C. The summed E-state index contributed by atoms with van der Waals surface area (Å²) in [5, 5.41) is 10.1. The van der Waals surface area contributed by atoms with Crippen molar-refractivity contribution in [3.63, 3.8) is 0 Å². The highest BCUT2D eigenvalue weighted by molar-refractivity contribution is 5.88. The van der Waals surface area contributed by atoms with Crippen molar-refractivity contribution >= 4 is 11.9 Å². The molecule has 4 rings (SSSR count). The van der Waals surface area contributed by atoms with Gasteiger partial charge < -0.3 is 9.84 Å². The van der Waals surface area contributed by atoms with Gasteiger partial charge in [0, 0.05) is 11.0 Å². The summed E-state index contributed by atoms with van der Waals surface area (Å²) in [6, 6.07) is 0. The number of fused-ring (bicyclic) bond motifs is 3. The second-order valence-electron chi connectivity index (χ2n) is 10.8. The summed E-state index contributed by atoms with van der Waals surface area (Å²) in [6.07, 6.45) is 9.50. The molecule has 29 heavy (non-hydrogen) atoms. The molecular weight excluding hydrogens is 364 g/mol. The lowest BCUT2D eigenvalue weighted by Crippen LogP contribution is -2.60. The average molecular weight is 401 g/mol. The van der Waals surface area contributed by atoms with Crippen LogP contribution in [0.25, 0.3) is 0 Å². The van der Waals surface area contributed by atoms with E-state index in [1.54, 1.807) is 13.0 Å². The van der Waals surface area contributed by atoms with E-state index >= 15 is 0 Å². The first-order valence-corrected chi connectivity index (χ1v) is 11.4. The van der Waals surface area contributed by atoms with E-state index in [2.05, 4.69) is 13.5 Å². The minimum absolute atomic E-state index is 0.0144. The van der Waals surface area contributed by atoms with Crippen LogP contribution in [0.5, 0.6) is 0 Å². The van der Waals surface area contributed by atoms with Crippen LogP contribution in [-0.4, -0.2) is 23.1 Å². The Hall–Kier alpha value is -1.58. The number of esters is 1. The zero-order valence-electron chi connectivity index (χ0n) is 18.4. The molecule has 0 amide bonds. The fraction of sp³-hybridized carbons (Fsp3) is 0.760. The Balaban J connectivity index is 1.73. The van der Waals surface area contributed by atoms with E-state index in [4.69, 9.17) is 4.74 Å². The fourth-order valence-electron chi connectivity index (χ4n) is 8.10. The van der Waals surface area contributed by atoms with E-state index in [1.165, 1.54) is 0 Å². The molecule has 0 unspecified atom stereocenters. The van der Waals surface area contributed by atoms with E-state index in [0.29, 0.717) is 17.4 Å². The molecule has 7 atom stereocenters. The number of aliphatic carboxylic acids is 1. The first-order chi connectivity index (χ1) is 13.6. The average Bonchev–Trinajstić information content (AvgIpc) is 2.87. The van der Waals surface area contributed by atoms with Crippen molar-refractivity contribution in [1.29, 1.82) is 0 Å². The number of hydrogen-bond donors (Lipinski definition) is 1. The molecule has 160 valence electrons. The third kappa shape index (κ3) is 2.70. The van der Waals surface area contributed by atoms with E-state index in [0.717, 1.165) is 56.9 Å². The minimum Gasteiger partial charge on any atom is -0.481 e. The summed E-state index contributed by atoms with van der Waals surface area (Å²) in [7, 11) is 0. The quantitative estimate of drug-likeness (QED) is 0.384. The molecule has 0 aromatic carbocycles. The summed E-state index contributed by atoms with van der Waals surface area (Å²) in [4.78, 5) is 25.0. The van der Waals surface area contributed by atoms with Crippen molar-refractivity contribution in [2.75, 3.05) is 0 Å². The number of allylic oxidation sites excluding steroid dienone is 1. The summed E-state index contributed by atoms with van der Waals surface area (Å²) >= 11 is 0. The van der Waals surface area contributed by atoms with Gasteiger partial charge in [0.1, 0.15) is 6.10 Å². The molecule has 0 aromatic heterocycles. The normalized spacial score (nSPS) is 46.6. The lowest BCUT2D eigenvalue weighted by Gasteiger charge is -2.63. The van der Waals surface area contributed by atoms with Gasteiger partial charge in [0.2, 0.25) is 0 Å². The summed E-state index contributed by atoms with van der Waals surface area (Å²) in [5.41, 5.74) is 1.02. The lowest BCUT2D eigenvalue weighted by molar-refractivity contribution is -0.195. The minimum atomic E-state index is -0.644. The molecule has 1 spiro atoms. The largest absolute Gasteiger partial charge is 0.481 e. The van der Waals surface area contributed by atoms with Crippen LogP contribution in [-0.2, 0) is 14.3 Å². The summed E-state index contributed by atoms with van der Waals surface area (Å²) < 4.78 is 6.15. The molecule has 4 aliphatic rings. The van der Waals surface area contributed by atoms with Gasteiger partial charge in [-0.1, -0.05) is 26.0 Å². The predicted octanol–water partition coefficient (Wildman–Crippen LogP) is 5.53. The topological polar surface area (TPSA) is 63.6 Å². The summed E-state index contributed by atoms with van der Waals surface area (Å²) in [6.45, 7) is 12.4. The van der Waals surface area contributed by atoms with E-state index in [9.17, 15) is 14.7 Å². The molecule has 4 heteroatoms. The number of hydrogen-bond acceptors (Lipinski definition) is 3. The molecule has 0 aromatic rings. The van der Waals surface area contributed by atoms with Gasteiger partial charge in [-0.3, -0.25) is 4.79 Å². The Morgan fingerprint density at radius 1 is 1.14 bits per heavy atom. The van der Waals surface area contributed by atoms with Gasteiger partial charge in [0.25, 0.3) is 0 Å². The third-order valence-electron chi connectivity index (χ3n) is 9.65. The van der Waals surface area contributed by atoms with Gasteiger partial charge >= 0.3 is 11.9 Å². The Bertz CT molecular complexity index is 782. The maximum Gasteiger partial charge on any atom is 0.333 e. The summed E-state index contributed by atoms with van der Waals surface area (Å²) in [5.74, 6) is 0.151. The molecule has 4 aliphatic carbocycles. The molecule has 1 N–H and O–H groups in total. The smallest absolute Gasteiger partial charge is 0.333 e. The monoisotopic (exact) mass is 400 g/mol. The van der Waals surface area contributed by atoms with Crippen molar-refractivity contribution in [2.24, 2.45) is 34.0 Å². The van der Waals surface area contributed by atoms with E-state index in [1.807, 2.05) is 13.8 Å². The molecule has 4 nitrogen and oxygen atoms in total. The van der Waals surface area contributed by atoms with Crippen LogP contribution in [0, 0.1) is 34.0 Å². The third-order valence-corrected chi connectivity index (χ3v) is 9.65. The Morgan fingerprint density at radius 3 is 2.52 bits per heavy atom. The van der Waals surface area contributed by atoms with Gasteiger partial charge in [-0.25, -0.2) is 4.79 Å². The van der Waals surface area contributed by atoms with Crippen LogP contribution >= 0.6 is 0 Å². The van der Waals surface area contributed by atoms with Crippen molar-refractivity contribution < 1.29 is 19.4 Å². The van der Waals surface area contributed by atoms with Crippen LogP contribution in [0.2, 0.25) is 0 Å². The molecule has 0 saturated heterocycles. The molecular formula is C25H36O4. The van der Waals surface area contributed by atoms with Crippen molar-refractivity contribution in [3.05, 3.63) is 23.8 Å². The number of carbonyl (C=O) groups is 2. The second-order valence-corrected chi connectivity index (χ2v) is 10.8. The molecule has 4 fully saturated rings. The van der Waals surface area contributed by atoms with E-state index < -0.39 is 11.4 Å². The number of carbonyl (C=O) groups excluding carboxylic acids is 1. The Labute approximate surface area is 174 Å². The highest BCUT2D eigenvalue weighted by atomic mass is 16.5. The van der Waals surface area contributed by atoms with Crippen molar-refractivity contribution in [2.45, 2.75) is 85.2 Å². The Kier molecular flexibility index (Phi) is 4.79.